The van der Waals surface area contributed by atoms with Crippen LogP contribution in [0, 0.1) is 0 Å². The molecule has 4 heterocycles. The Morgan fingerprint density at radius 2 is 2.14 bits per heavy atom. The molecule has 0 N–H and O–H groups in total. The topological polar surface area (TPSA) is 71.4 Å². The second kappa shape index (κ2) is 8.10. The molecule has 0 aromatic carbocycles. The van der Waals surface area contributed by atoms with E-state index in [2.05, 4.69) is 4.99 Å². The van der Waals surface area contributed by atoms with Gasteiger partial charge in [-0.3, -0.25) is 4.79 Å². The van der Waals surface area contributed by atoms with Crippen LogP contribution in [0.2, 0.25) is 0 Å². The number of carbonyl (C=O) groups excluding carboxylic acids is 2. The third-order valence-electron chi connectivity index (χ3n) is 4.96. The number of morpholine rings is 1. The number of hydrogen-bond acceptors (Lipinski definition) is 8. The van der Waals surface area contributed by atoms with Gasteiger partial charge in [0.15, 0.2) is 5.17 Å². The van der Waals surface area contributed by atoms with Crippen molar-refractivity contribution in [2.45, 2.75) is 19.4 Å². The first kappa shape index (κ1) is 19.2. The summed E-state index contributed by atoms with van der Waals surface area (Å²) in [5.74, 6) is -0.335. The van der Waals surface area contributed by atoms with Crippen molar-refractivity contribution in [1.29, 1.82) is 0 Å². The van der Waals surface area contributed by atoms with E-state index in [-0.39, 0.29) is 18.4 Å². The van der Waals surface area contributed by atoms with Gasteiger partial charge in [0, 0.05) is 18.8 Å². The maximum absolute atomic E-state index is 12.8. The van der Waals surface area contributed by atoms with Crippen molar-refractivity contribution >= 4 is 40.1 Å². The van der Waals surface area contributed by atoms with Crippen molar-refractivity contribution in [3.8, 4) is 0 Å². The van der Waals surface area contributed by atoms with E-state index in [9.17, 15) is 9.59 Å². The van der Waals surface area contributed by atoms with Gasteiger partial charge >= 0.3 is 5.97 Å². The number of ether oxygens (including phenoxy) is 2. The number of fused-ring (bicyclic) bond motifs is 1. The van der Waals surface area contributed by atoms with Gasteiger partial charge in [-0.1, -0.05) is 11.8 Å². The molecule has 28 heavy (non-hydrogen) atoms. The van der Waals surface area contributed by atoms with Gasteiger partial charge < -0.3 is 19.3 Å². The molecule has 9 heteroatoms. The molecule has 7 nitrogen and oxygen atoms in total. The maximum atomic E-state index is 12.8. The average molecular weight is 420 g/mol. The Bertz CT molecular complexity index is 870. The SMILES string of the molecule is COC(=O)C1=C(C)N=C2SC=C(CC(=O)N3CCOCC3)N2[C@H]1c1ccsc1. The number of thiophene rings is 1. The Balaban J connectivity index is 1.65. The summed E-state index contributed by atoms with van der Waals surface area (Å²) in [7, 11) is 1.38. The molecule has 1 amide bonds. The minimum absolute atomic E-state index is 0.0614. The Morgan fingerprint density at radius 1 is 1.36 bits per heavy atom. The van der Waals surface area contributed by atoms with Gasteiger partial charge in [-0.25, -0.2) is 9.79 Å². The summed E-state index contributed by atoms with van der Waals surface area (Å²) in [5, 5.41) is 6.75. The summed E-state index contributed by atoms with van der Waals surface area (Å²) in [5.41, 5.74) is 3.00. The molecule has 0 saturated carbocycles. The minimum Gasteiger partial charge on any atom is -0.466 e. The molecule has 0 spiro atoms. The van der Waals surface area contributed by atoms with Crippen LogP contribution in [-0.2, 0) is 19.1 Å². The predicted molar refractivity (Wildman–Crippen MR) is 109 cm³/mol. The van der Waals surface area contributed by atoms with Crippen molar-refractivity contribution in [2.24, 2.45) is 4.99 Å². The zero-order valence-corrected chi connectivity index (χ0v) is 17.3. The molecule has 0 bridgehead atoms. The lowest BCUT2D eigenvalue weighted by molar-refractivity contribution is -0.136. The van der Waals surface area contributed by atoms with E-state index in [1.165, 1.54) is 18.9 Å². The molecule has 0 radical (unpaired) electrons. The fourth-order valence-corrected chi connectivity index (χ4v) is 5.21. The number of carbonyl (C=O) groups is 2. The van der Waals surface area contributed by atoms with Gasteiger partial charge in [0.25, 0.3) is 0 Å². The summed E-state index contributed by atoms with van der Waals surface area (Å²) in [4.78, 5) is 33.8. The van der Waals surface area contributed by atoms with E-state index in [1.54, 1.807) is 11.3 Å². The van der Waals surface area contributed by atoms with Crippen LogP contribution >= 0.6 is 23.1 Å². The smallest absolute Gasteiger partial charge is 0.338 e. The van der Waals surface area contributed by atoms with E-state index in [4.69, 9.17) is 9.47 Å². The molecule has 1 saturated heterocycles. The first-order valence-electron chi connectivity index (χ1n) is 9.00. The van der Waals surface area contributed by atoms with Crippen molar-refractivity contribution in [3.05, 3.63) is 44.8 Å². The Morgan fingerprint density at radius 3 is 2.82 bits per heavy atom. The zero-order chi connectivity index (χ0) is 19.7. The van der Waals surface area contributed by atoms with Crippen LogP contribution in [0.15, 0.2) is 44.2 Å². The van der Waals surface area contributed by atoms with Crippen LogP contribution in [-0.4, -0.2) is 60.3 Å². The Labute approximate surface area is 171 Å². The van der Waals surface area contributed by atoms with Crippen LogP contribution in [0.25, 0.3) is 0 Å². The quantitative estimate of drug-likeness (QED) is 0.699. The van der Waals surface area contributed by atoms with E-state index < -0.39 is 5.97 Å². The normalized spacial score (nSPS) is 22.0. The highest BCUT2D eigenvalue weighted by molar-refractivity contribution is 8.16. The summed E-state index contributed by atoms with van der Waals surface area (Å²) >= 11 is 3.06. The molecular formula is C19H21N3O4S2. The Hall–Kier alpha value is -2.10. The summed E-state index contributed by atoms with van der Waals surface area (Å²) in [6, 6.07) is 1.66. The van der Waals surface area contributed by atoms with E-state index in [0.717, 1.165) is 16.4 Å². The van der Waals surface area contributed by atoms with Crippen molar-refractivity contribution in [1.82, 2.24) is 9.80 Å². The molecule has 148 valence electrons. The summed E-state index contributed by atoms with van der Waals surface area (Å²) in [6.45, 7) is 4.19. The standard InChI is InChI=1S/C19H21N3O4S2/c1-12-16(18(24)25-2)17(13-3-8-27-10-13)22-14(11-28-19(22)20-12)9-15(23)21-4-6-26-7-5-21/h3,8,10-11,17H,4-7,9H2,1-2H3/t17-/m0/s1. The number of amides is 1. The fourth-order valence-electron chi connectivity index (χ4n) is 3.57. The van der Waals surface area contributed by atoms with Gasteiger partial charge in [0.1, 0.15) is 0 Å². The minimum atomic E-state index is -0.396. The molecule has 3 aliphatic heterocycles. The van der Waals surface area contributed by atoms with Crippen molar-refractivity contribution in [3.63, 3.8) is 0 Å². The monoisotopic (exact) mass is 419 g/mol. The molecule has 1 atom stereocenters. The highest BCUT2D eigenvalue weighted by Crippen LogP contribution is 2.45. The second-order valence-electron chi connectivity index (χ2n) is 6.61. The molecule has 3 aliphatic rings. The lowest BCUT2D eigenvalue weighted by Gasteiger charge is -2.36. The summed E-state index contributed by atoms with van der Waals surface area (Å²) < 4.78 is 10.4. The van der Waals surface area contributed by atoms with Crippen LogP contribution < -0.4 is 0 Å². The molecule has 0 unspecified atom stereocenters. The van der Waals surface area contributed by atoms with Crippen molar-refractivity contribution < 1.29 is 19.1 Å². The van der Waals surface area contributed by atoms with Gasteiger partial charge in [0.2, 0.25) is 5.91 Å². The van der Waals surface area contributed by atoms with Crippen LogP contribution in [0.3, 0.4) is 0 Å². The van der Waals surface area contributed by atoms with Gasteiger partial charge in [-0.05, 0) is 34.7 Å². The fraction of sp³-hybridized carbons (Fsp3) is 0.421. The predicted octanol–water partition coefficient (Wildman–Crippen LogP) is 2.74. The van der Waals surface area contributed by atoms with E-state index in [1.807, 2.05) is 39.0 Å². The number of thioether (sulfide) groups is 1. The number of allylic oxidation sites excluding steroid dienone is 1. The number of amidine groups is 1. The number of rotatable bonds is 4. The molecular weight excluding hydrogens is 398 g/mol. The third kappa shape index (κ3) is 3.49. The molecule has 1 fully saturated rings. The third-order valence-corrected chi connectivity index (χ3v) is 6.55. The number of methoxy groups -OCH3 is 1. The molecule has 1 aromatic rings. The summed E-state index contributed by atoms with van der Waals surface area (Å²) in [6.07, 6.45) is 0.264. The highest BCUT2D eigenvalue weighted by atomic mass is 32.2. The van der Waals surface area contributed by atoms with Gasteiger partial charge in [-0.2, -0.15) is 11.3 Å². The lowest BCUT2D eigenvalue weighted by Crippen LogP contribution is -2.42. The van der Waals surface area contributed by atoms with E-state index in [0.29, 0.717) is 37.6 Å². The second-order valence-corrected chi connectivity index (χ2v) is 8.23. The number of esters is 1. The lowest BCUT2D eigenvalue weighted by atomic mass is 9.96. The average Bonchev–Trinajstić information content (AvgIpc) is 3.37. The number of aliphatic imine (C=N–C) groups is 1. The van der Waals surface area contributed by atoms with Gasteiger partial charge in [-0.15, -0.1) is 0 Å². The molecule has 0 aliphatic carbocycles. The highest BCUT2D eigenvalue weighted by Gasteiger charge is 2.41. The first-order chi connectivity index (χ1) is 13.6. The number of hydrogen-bond donors (Lipinski definition) is 0. The van der Waals surface area contributed by atoms with Crippen LogP contribution in [0.5, 0.6) is 0 Å². The first-order valence-corrected chi connectivity index (χ1v) is 10.8. The maximum Gasteiger partial charge on any atom is 0.338 e. The van der Waals surface area contributed by atoms with E-state index >= 15 is 0 Å². The zero-order valence-electron chi connectivity index (χ0n) is 15.7. The van der Waals surface area contributed by atoms with Crippen LogP contribution in [0.4, 0.5) is 0 Å². The largest absolute Gasteiger partial charge is 0.466 e. The van der Waals surface area contributed by atoms with Crippen LogP contribution in [0.1, 0.15) is 24.9 Å². The van der Waals surface area contributed by atoms with Crippen molar-refractivity contribution in [2.75, 3.05) is 33.4 Å². The molecule has 4 rings (SSSR count). The Kier molecular flexibility index (Phi) is 5.56. The number of nitrogens with zero attached hydrogens (tertiary/aromatic N) is 3. The van der Waals surface area contributed by atoms with Gasteiger partial charge in [0.05, 0.1) is 44.1 Å². The molecule has 1 aromatic heterocycles.